The molecule has 1 saturated heterocycles. The predicted molar refractivity (Wildman–Crippen MR) is 154 cm³/mol. The first-order valence-corrected chi connectivity index (χ1v) is 13.5. The third-order valence-corrected chi connectivity index (χ3v) is 7.39. The third kappa shape index (κ3) is 6.28. The van der Waals surface area contributed by atoms with Crippen LogP contribution < -0.4 is 11.1 Å². The predicted octanol–water partition coefficient (Wildman–Crippen LogP) is 4.41. The van der Waals surface area contributed by atoms with Crippen molar-refractivity contribution in [1.29, 1.82) is 0 Å². The Kier molecular flexibility index (Phi) is 8.35. The second kappa shape index (κ2) is 12.1. The van der Waals surface area contributed by atoms with Crippen molar-refractivity contribution in [3.63, 3.8) is 0 Å². The first-order chi connectivity index (χ1) is 19.3. The van der Waals surface area contributed by atoms with E-state index in [9.17, 15) is 14.4 Å². The zero-order chi connectivity index (χ0) is 28.2. The van der Waals surface area contributed by atoms with Crippen LogP contribution in [-0.2, 0) is 20.9 Å². The van der Waals surface area contributed by atoms with Gasteiger partial charge in [-0.2, -0.15) is 0 Å². The van der Waals surface area contributed by atoms with E-state index in [0.29, 0.717) is 35.9 Å². The Balaban J connectivity index is 1.39. The van der Waals surface area contributed by atoms with Gasteiger partial charge in [0.2, 0.25) is 11.8 Å². The number of halogens is 1. The van der Waals surface area contributed by atoms with Crippen molar-refractivity contribution in [1.82, 2.24) is 14.4 Å². The minimum atomic E-state index is -0.599. The molecule has 3 aromatic carbocycles. The standard InChI is InChI=1S/C30H31ClN4O5/c1-20(36)32-25-10-7-22(8-11-25)21-3-5-23(6-4-21)27(18-34-13-15-39-16-14-34)33(2)29(37)19-35-26-17-24(31)9-12-28(26)40-30(35)38/h3-12,17,27H,13-16,18-19H2,1-2H3,(H,32,36). The quantitative estimate of drug-likeness (QED) is 0.342. The lowest BCUT2D eigenvalue weighted by atomic mass is 9.99. The SMILES string of the molecule is CC(=O)Nc1ccc(-c2ccc(C(CN3CCOCC3)N(C)C(=O)Cn3c(=O)oc4ccc(Cl)cc43)cc2)cc1. The topological polar surface area (TPSA) is 97.0 Å². The summed E-state index contributed by atoms with van der Waals surface area (Å²) in [6.07, 6.45) is 0. The molecule has 1 aliphatic rings. The monoisotopic (exact) mass is 562 g/mol. The molecule has 0 spiro atoms. The number of ether oxygens (including phenoxy) is 1. The lowest BCUT2D eigenvalue weighted by Gasteiger charge is -2.35. The summed E-state index contributed by atoms with van der Waals surface area (Å²) in [6, 6.07) is 20.4. The number of nitrogens with zero attached hydrogens (tertiary/aromatic N) is 3. The molecule has 9 nitrogen and oxygen atoms in total. The number of anilines is 1. The van der Waals surface area contributed by atoms with Crippen molar-refractivity contribution in [2.45, 2.75) is 19.5 Å². The van der Waals surface area contributed by atoms with Gasteiger partial charge in [0.25, 0.3) is 0 Å². The normalized spacial score (nSPS) is 14.7. The van der Waals surface area contributed by atoms with Gasteiger partial charge in [-0.15, -0.1) is 0 Å². The van der Waals surface area contributed by atoms with Crippen molar-refractivity contribution in [3.8, 4) is 11.1 Å². The van der Waals surface area contributed by atoms with Crippen LogP contribution in [0.3, 0.4) is 0 Å². The number of morpholine rings is 1. The molecule has 1 fully saturated rings. The summed E-state index contributed by atoms with van der Waals surface area (Å²) in [5, 5.41) is 3.23. The fourth-order valence-corrected chi connectivity index (χ4v) is 5.10. The molecule has 1 unspecified atom stereocenters. The van der Waals surface area contributed by atoms with E-state index < -0.39 is 5.76 Å². The number of hydrogen-bond donors (Lipinski definition) is 1. The van der Waals surface area contributed by atoms with E-state index in [1.165, 1.54) is 11.5 Å². The summed E-state index contributed by atoms with van der Waals surface area (Å²) < 4.78 is 12.2. The molecule has 0 radical (unpaired) electrons. The molecule has 0 bridgehead atoms. The van der Waals surface area contributed by atoms with Crippen LogP contribution in [0.4, 0.5) is 5.69 Å². The number of hydrogen-bond acceptors (Lipinski definition) is 6. The molecule has 40 heavy (non-hydrogen) atoms. The van der Waals surface area contributed by atoms with Gasteiger partial charge in [0.1, 0.15) is 6.54 Å². The van der Waals surface area contributed by atoms with Crippen molar-refractivity contribution >= 4 is 40.2 Å². The number of amides is 2. The summed E-state index contributed by atoms with van der Waals surface area (Å²) in [6.45, 7) is 4.80. The Bertz CT molecular complexity index is 1560. The van der Waals surface area contributed by atoms with Gasteiger partial charge < -0.3 is 19.4 Å². The van der Waals surface area contributed by atoms with E-state index in [2.05, 4.69) is 10.2 Å². The van der Waals surface area contributed by atoms with Crippen molar-refractivity contribution < 1.29 is 18.7 Å². The molecule has 1 N–H and O–H groups in total. The fraction of sp³-hybridized carbons (Fsp3) is 0.300. The Morgan fingerprint density at radius 1 is 1.00 bits per heavy atom. The first kappa shape index (κ1) is 27.6. The second-order valence-corrected chi connectivity index (χ2v) is 10.3. The number of oxazole rings is 1. The van der Waals surface area contributed by atoms with Crippen LogP contribution >= 0.6 is 11.6 Å². The maximum absolute atomic E-state index is 13.6. The van der Waals surface area contributed by atoms with E-state index in [4.69, 9.17) is 20.8 Å². The summed E-state index contributed by atoms with van der Waals surface area (Å²) >= 11 is 6.14. The molecule has 1 atom stereocenters. The maximum atomic E-state index is 13.6. The number of rotatable bonds is 8. The van der Waals surface area contributed by atoms with Gasteiger partial charge in [-0.25, -0.2) is 4.79 Å². The Hall–Kier alpha value is -3.92. The van der Waals surface area contributed by atoms with Crippen molar-refractivity contribution in [2.24, 2.45) is 0 Å². The van der Waals surface area contributed by atoms with E-state index in [0.717, 1.165) is 35.5 Å². The average molecular weight is 563 g/mol. The summed E-state index contributed by atoms with van der Waals surface area (Å²) in [5.74, 6) is -0.935. The minimum absolute atomic E-state index is 0.114. The highest BCUT2D eigenvalue weighted by atomic mass is 35.5. The van der Waals surface area contributed by atoms with E-state index in [1.807, 2.05) is 48.5 Å². The smallest absolute Gasteiger partial charge is 0.408 e. The molecule has 0 aliphatic carbocycles. The summed E-state index contributed by atoms with van der Waals surface area (Å²) in [5.41, 5.74) is 4.62. The van der Waals surface area contributed by atoms with Gasteiger partial charge in [0, 0.05) is 44.3 Å². The molecule has 1 aliphatic heterocycles. The van der Waals surface area contributed by atoms with Gasteiger partial charge in [-0.05, 0) is 47.0 Å². The third-order valence-electron chi connectivity index (χ3n) is 7.15. The molecule has 5 rings (SSSR count). The molecule has 2 amide bonds. The first-order valence-electron chi connectivity index (χ1n) is 13.1. The average Bonchev–Trinajstić information content (AvgIpc) is 3.26. The number of carbonyl (C=O) groups is 2. The lowest BCUT2D eigenvalue weighted by Crippen LogP contribution is -2.44. The van der Waals surface area contributed by atoms with Gasteiger partial charge in [0.15, 0.2) is 5.58 Å². The summed E-state index contributed by atoms with van der Waals surface area (Å²) in [4.78, 5) is 41.4. The highest BCUT2D eigenvalue weighted by molar-refractivity contribution is 6.31. The Morgan fingerprint density at radius 2 is 1.65 bits per heavy atom. The van der Waals surface area contributed by atoms with E-state index >= 15 is 0 Å². The maximum Gasteiger partial charge on any atom is 0.420 e. The molecule has 10 heteroatoms. The van der Waals surface area contributed by atoms with Crippen LogP contribution in [0, 0.1) is 0 Å². The highest BCUT2D eigenvalue weighted by Gasteiger charge is 2.26. The lowest BCUT2D eigenvalue weighted by molar-refractivity contribution is -0.133. The largest absolute Gasteiger partial charge is 0.420 e. The van der Waals surface area contributed by atoms with E-state index in [-0.39, 0.29) is 24.4 Å². The molecule has 0 saturated carbocycles. The van der Waals surface area contributed by atoms with E-state index in [1.54, 1.807) is 30.1 Å². The number of fused-ring (bicyclic) bond motifs is 1. The Labute approximate surface area is 236 Å². The number of carbonyl (C=O) groups excluding carboxylic acids is 2. The van der Waals surface area contributed by atoms with Crippen LogP contribution in [-0.4, -0.2) is 66.1 Å². The van der Waals surface area contributed by atoms with Gasteiger partial charge in [-0.1, -0.05) is 48.0 Å². The second-order valence-electron chi connectivity index (χ2n) is 9.88. The molecule has 1 aromatic heterocycles. The molecule has 4 aromatic rings. The van der Waals surface area contributed by atoms with Crippen LogP contribution in [0.1, 0.15) is 18.5 Å². The summed E-state index contributed by atoms with van der Waals surface area (Å²) in [7, 11) is 1.77. The number of likely N-dealkylation sites (N-methyl/N-ethyl adjacent to an activating group) is 1. The minimum Gasteiger partial charge on any atom is -0.408 e. The zero-order valence-electron chi connectivity index (χ0n) is 22.4. The van der Waals surface area contributed by atoms with Crippen LogP contribution in [0.5, 0.6) is 0 Å². The van der Waals surface area contributed by atoms with Gasteiger partial charge >= 0.3 is 5.76 Å². The number of aromatic nitrogens is 1. The number of nitrogens with one attached hydrogen (secondary N) is 1. The molecule has 2 heterocycles. The van der Waals surface area contributed by atoms with Crippen molar-refractivity contribution in [3.05, 3.63) is 87.9 Å². The molecule has 208 valence electrons. The fourth-order valence-electron chi connectivity index (χ4n) is 4.93. The zero-order valence-corrected chi connectivity index (χ0v) is 23.2. The molecular formula is C30H31ClN4O5. The van der Waals surface area contributed by atoms with Gasteiger partial charge in [-0.3, -0.25) is 19.1 Å². The van der Waals surface area contributed by atoms with Crippen LogP contribution in [0.2, 0.25) is 5.02 Å². The van der Waals surface area contributed by atoms with Crippen LogP contribution in [0.15, 0.2) is 75.9 Å². The highest BCUT2D eigenvalue weighted by Crippen LogP contribution is 2.27. The van der Waals surface area contributed by atoms with Crippen LogP contribution in [0.25, 0.3) is 22.2 Å². The molecular weight excluding hydrogens is 532 g/mol. The number of benzene rings is 3. The Morgan fingerprint density at radius 3 is 2.30 bits per heavy atom. The van der Waals surface area contributed by atoms with Gasteiger partial charge in [0.05, 0.1) is 24.8 Å². The van der Waals surface area contributed by atoms with Crippen molar-refractivity contribution in [2.75, 3.05) is 45.2 Å².